The molecule has 1 N–H and O–H groups in total. The Morgan fingerprint density at radius 2 is 1.54 bits per heavy atom. The molecule has 0 saturated heterocycles. The van der Waals surface area contributed by atoms with Crippen LogP contribution in [0.3, 0.4) is 0 Å². The lowest BCUT2D eigenvalue weighted by Crippen LogP contribution is -2.45. The fourth-order valence-electron chi connectivity index (χ4n) is 5.86. The Kier molecular flexibility index (Phi) is 6.84. The van der Waals surface area contributed by atoms with Crippen LogP contribution < -0.4 is 4.74 Å². The average Bonchev–Trinajstić information content (AvgIpc) is 2.73. The van der Waals surface area contributed by atoms with Crippen molar-refractivity contribution in [2.45, 2.75) is 66.2 Å². The van der Waals surface area contributed by atoms with Crippen LogP contribution in [0.1, 0.15) is 71.8 Å². The number of hydrogen-bond donors (Lipinski definition) is 1. The summed E-state index contributed by atoms with van der Waals surface area (Å²) in [5.41, 5.74) is 3.58. The number of carbonyl (C=O) groups excluding carboxylic acids is 2. The average molecular weight is 502 g/mol. The number of halogens is 1. The third kappa shape index (κ3) is 4.75. The molecule has 0 fully saturated rings. The molecule has 4 rings (SSSR count). The van der Waals surface area contributed by atoms with Crippen LogP contribution in [-0.2, 0) is 14.3 Å². The van der Waals surface area contributed by atoms with Gasteiger partial charge < -0.3 is 19.5 Å². The second-order valence-corrected chi connectivity index (χ2v) is 11.9. The van der Waals surface area contributed by atoms with Gasteiger partial charge in [0.15, 0.2) is 23.1 Å². The van der Waals surface area contributed by atoms with Gasteiger partial charge >= 0.3 is 0 Å². The number of ether oxygens (including phenoxy) is 2. The van der Waals surface area contributed by atoms with Crippen LogP contribution in [0, 0.1) is 10.8 Å². The fourth-order valence-corrected chi connectivity index (χ4v) is 6.08. The van der Waals surface area contributed by atoms with E-state index >= 15 is 0 Å². The van der Waals surface area contributed by atoms with E-state index < -0.39 is 5.92 Å². The first kappa shape index (κ1) is 25.8. The molecule has 0 saturated carbocycles. The molecule has 2 aliphatic carbocycles. The topological polar surface area (TPSA) is 76.1 Å². The Morgan fingerprint density at radius 1 is 1.00 bits per heavy atom. The third-order valence-electron chi connectivity index (χ3n) is 7.22. The highest BCUT2D eigenvalue weighted by Gasteiger charge is 2.49. The Labute approximate surface area is 212 Å². The lowest BCUT2D eigenvalue weighted by Gasteiger charge is -2.49. The minimum atomic E-state index is -0.539. The predicted molar refractivity (Wildman–Crippen MR) is 136 cm³/mol. The number of carbonyl (C=O) groups is 2. The summed E-state index contributed by atoms with van der Waals surface area (Å²) in [5.74, 6) is -0.313. The normalized spacial score (nSPS) is 21.9. The van der Waals surface area contributed by atoms with Gasteiger partial charge in [-0.2, -0.15) is 0 Å². The second kappa shape index (κ2) is 9.29. The van der Waals surface area contributed by atoms with Crippen molar-refractivity contribution in [1.82, 2.24) is 4.90 Å². The Bertz CT molecular complexity index is 1080. The van der Waals surface area contributed by atoms with Gasteiger partial charge in [-0.25, -0.2) is 0 Å². The van der Waals surface area contributed by atoms with Crippen LogP contribution in [0.5, 0.6) is 11.5 Å². The van der Waals surface area contributed by atoms with Gasteiger partial charge in [-0.1, -0.05) is 39.3 Å². The molecule has 1 aliphatic heterocycles. The second-order valence-electron chi connectivity index (χ2n) is 11.5. The number of phenolic OH excluding ortho intramolecular Hbond substituents is 1. The number of ketones is 2. The van der Waals surface area contributed by atoms with Crippen molar-refractivity contribution >= 4 is 23.2 Å². The van der Waals surface area contributed by atoms with E-state index in [-0.39, 0.29) is 38.9 Å². The van der Waals surface area contributed by atoms with Crippen LogP contribution in [0.4, 0.5) is 0 Å². The standard InChI is InChI=1S/C28H36ClNO5/c1-7-35-22-11-16(10-17(29)26(22)33)23-24-18(12-27(2,3)14-20(24)31)30(8-9-34-6)19-13-28(4,5)15-21(32)25(19)23/h10-11,23,33H,7-9,12-15H2,1-6H3. The van der Waals surface area contributed by atoms with E-state index in [0.29, 0.717) is 49.3 Å². The zero-order valence-corrected chi connectivity index (χ0v) is 22.3. The number of methoxy groups -OCH3 is 1. The molecule has 0 amide bonds. The van der Waals surface area contributed by atoms with Crippen molar-refractivity contribution in [3.05, 3.63) is 45.3 Å². The Balaban J connectivity index is 2.01. The summed E-state index contributed by atoms with van der Waals surface area (Å²) in [7, 11) is 1.66. The molecule has 1 aromatic rings. The van der Waals surface area contributed by atoms with Crippen molar-refractivity contribution in [1.29, 1.82) is 0 Å². The minimum absolute atomic E-state index is 0.0509. The Hall–Kier alpha value is -2.31. The van der Waals surface area contributed by atoms with E-state index in [2.05, 4.69) is 32.6 Å². The first-order valence-electron chi connectivity index (χ1n) is 12.3. The van der Waals surface area contributed by atoms with E-state index in [0.717, 1.165) is 24.2 Å². The van der Waals surface area contributed by atoms with Gasteiger partial charge in [-0.15, -0.1) is 0 Å². The molecule has 3 aliphatic rings. The number of aromatic hydroxyl groups is 1. The molecule has 0 bridgehead atoms. The van der Waals surface area contributed by atoms with Crippen molar-refractivity contribution in [2.75, 3.05) is 26.9 Å². The summed E-state index contributed by atoms with van der Waals surface area (Å²) in [6, 6.07) is 3.40. The quantitative estimate of drug-likeness (QED) is 0.532. The zero-order valence-electron chi connectivity index (χ0n) is 21.6. The van der Waals surface area contributed by atoms with Crippen LogP contribution in [0.15, 0.2) is 34.7 Å². The summed E-state index contributed by atoms with van der Waals surface area (Å²) in [6.45, 7) is 11.7. The molecule has 0 unspecified atom stereocenters. The highest BCUT2D eigenvalue weighted by molar-refractivity contribution is 6.32. The lowest BCUT2D eigenvalue weighted by molar-refractivity contribution is -0.119. The molecular formula is C28H36ClNO5. The van der Waals surface area contributed by atoms with E-state index in [1.165, 1.54) is 0 Å². The molecule has 0 radical (unpaired) electrons. The monoisotopic (exact) mass is 501 g/mol. The third-order valence-corrected chi connectivity index (χ3v) is 7.51. The largest absolute Gasteiger partial charge is 0.503 e. The minimum Gasteiger partial charge on any atom is -0.503 e. The summed E-state index contributed by atoms with van der Waals surface area (Å²) >= 11 is 6.43. The molecule has 1 aromatic carbocycles. The molecule has 190 valence electrons. The number of nitrogens with zero attached hydrogens (tertiary/aromatic N) is 1. The molecule has 0 atom stereocenters. The highest BCUT2D eigenvalue weighted by atomic mass is 35.5. The number of phenols is 1. The van der Waals surface area contributed by atoms with E-state index in [9.17, 15) is 14.7 Å². The molecule has 0 spiro atoms. The zero-order chi connectivity index (χ0) is 25.7. The fraction of sp³-hybridized carbons (Fsp3) is 0.571. The number of allylic oxidation sites excluding steroid dienone is 4. The molecule has 6 nitrogen and oxygen atoms in total. The first-order chi connectivity index (χ1) is 16.4. The molecular weight excluding hydrogens is 466 g/mol. The maximum Gasteiger partial charge on any atom is 0.176 e. The molecule has 35 heavy (non-hydrogen) atoms. The number of benzene rings is 1. The van der Waals surface area contributed by atoms with Crippen LogP contribution in [0.25, 0.3) is 0 Å². The first-order valence-corrected chi connectivity index (χ1v) is 12.7. The summed E-state index contributed by atoms with van der Waals surface area (Å²) in [6.07, 6.45) is 2.27. The van der Waals surface area contributed by atoms with Gasteiger partial charge in [0.1, 0.15) is 0 Å². The Morgan fingerprint density at radius 3 is 2.03 bits per heavy atom. The van der Waals surface area contributed by atoms with Gasteiger partial charge in [0.05, 0.1) is 18.2 Å². The summed E-state index contributed by atoms with van der Waals surface area (Å²) in [5, 5.41) is 10.6. The smallest absolute Gasteiger partial charge is 0.176 e. The van der Waals surface area contributed by atoms with Gasteiger partial charge in [-0.3, -0.25) is 9.59 Å². The van der Waals surface area contributed by atoms with Crippen LogP contribution >= 0.6 is 11.6 Å². The van der Waals surface area contributed by atoms with E-state index in [1.54, 1.807) is 19.2 Å². The van der Waals surface area contributed by atoms with Crippen molar-refractivity contribution < 1.29 is 24.2 Å². The van der Waals surface area contributed by atoms with Crippen molar-refractivity contribution in [2.24, 2.45) is 10.8 Å². The lowest BCUT2D eigenvalue weighted by atomic mass is 9.63. The van der Waals surface area contributed by atoms with Crippen molar-refractivity contribution in [3.8, 4) is 11.5 Å². The van der Waals surface area contributed by atoms with E-state index in [1.807, 2.05) is 6.92 Å². The maximum atomic E-state index is 13.8. The number of hydrogen-bond acceptors (Lipinski definition) is 6. The molecule has 0 aromatic heterocycles. The van der Waals surface area contributed by atoms with Gasteiger partial charge in [0.25, 0.3) is 0 Å². The number of rotatable bonds is 6. The van der Waals surface area contributed by atoms with E-state index in [4.69, 9.17) is 21.1 Å². The highest BCUT2D eigenvalue weighted by Crippen LogP contribution is 2.55. The SMILES string of the molecule is CCOc1cc(C2C3=C(CC(C)(C)CC3=O)N(CCOC)C3=C2C(=O)CC(C)(C)C3)cc(Cl)c1O. The van der Waals surface area contributed by atoms with Crippen molar-refractivity contribution in [3.63, 3.8) is 0 Å². The number of Topliss-reactive ketones (excluding diaryl/α,β-unsaturated/α-hetero) is 2. The summed E-state index contributed by atoms with van der Waals surface area (Å²) in [4.78, 5) is 29.7. The maximum absolute atomic E-state index is 13.8. The summed E-state index contributed by atoms with van der Waals surface area (Å²) < 4.78 is 11.1. The molecule has 1 heterocycles. The predicted octanol–water partition coefficient (Wildman–Crippen LogP) is 5.78. The van der Waals surface area contributed by atoms with Gasteiger partial charge in [-0.05, 0) is 48.3 Å². The van der Waals surface area contributed by atoms with Crippen LogP contribution in [0.2, 0.25) is 5.02 Å². The van der Waals surface area contributed by atoms with Gasteiger partial charge in [0, 0.05) is 55.0 Å². The molecule has 7 heteroatoms. The van der Waals surface area contributed by atoms with Gasteiger partial charge in [0.2, 0.25) is 0 Å². The van der Waals surface area contributed by atoms with Crippen LogP contribution in [-0.4, -0.2) is 48.4 Å².